The van der Waals surface area contributed by atoms with Crippen LogP contribution in [-0.2, 0) is 0 Å². The molecule has 0 bridgehead atoms. The van der Waals surface area contributed by atoms with Crippen molar-refractivity contribution in [2.24, 2.45) is 0 Å². The number of hydrogen-bond acceptors (Lipinski definition) is 1. The van der Waals surface area contributed by atoms with E-state index in [0.29, 0.717) is 0 Å². The van der Waals surface area contributed by atoms with Gasteiger partial charge in [-0.25, -0.2) is 0 Å². The predicted molar refractivity (Wildman–Crippen MR) is 64.0 cm³/mol. The second kappa shape index (κ2) is 2.85. The molecule has 0 saturated heterocycles. The lowest BCUT2D eigenvalue weighted by atomic mass is 10.2. The Labute approximate surface area is 84.3 Å². The molecule has 0 radical (unpaired) electrons. The van der Waals surface area contributed by atoms with Gasteiger partial charge in [0.15, 0.2) is 0 Å². The van der Waals surface area contributed by atoms with E-state index in [1.807, 2.05) is 18.2 Å². The zero-order valence-corrected chi connectivity index (χ0v) is 8.67. The van der Waals surface area contributed by atoms with Crippen molar-refractivity contribution in [1.29, 1.82) is 0 Å². The van der Waals surface area contributed by atoms with Crippen LogP contribution in [0.1, 0.15) is 0 Å². The van der Waals surface area contributed by atoms with Crippen LogP contribution in [0, 0.1) is 0 Å². The molecule has 1 nitrogen and oxygen atoms in total. The van der Waals surface area contributed by atoms with E-state index in [-0.39, 0.29) is 10.5 Å². The Kier molecular flexibility index (Phi) is 1.64. The summed E-state index contributed by atoms with van der Waals surface area (Å²) in [5.74, 6) is 0. The molecule has 0 aliphatic carbocycles. The lowest BCUT2D eigenvalue weighted by molar-refractivity contribution is 0.577. The van der Waals surface area contributed by atoms with Crippen LogP contribution < -0.4 is 10.6 Å². The summed E-state index contributed by atoms with van der Waals surface area (Å²) in [6.07, 6.45) is 4.36. The summed E-state index contributed by atoms with van der Waals surface area (Å²) in [7, 11) is 0.222. The zero-order valence-electron chi connectivity index (χ0n) is 7.86. The summed E-state index contributed by atoms with van der Waals surface area (Å²) in [5, 5.41) is 6.86. The van der Waals surface area contributed by atoms with E-state index in [0.717, 1.165) is 11.0 Å². The smallest absolute Gasteiger partial charge is 0.141 e. The van der Waals surface area contributed by atoms with Gasteiger partial charge in [-0.05, 0) is 23.8 Å². The fourth-order valence-electron chi connectivity index (χ4n) is 1.73. The molecule has 0 fully saturated rings. The van der Waals surface area contributed by atoms with Gasteiger partial charge in [-0.3, -0.25) is 0 Å². The van der Waals surface area contributed by atoms with Gasteiger partial charge in [0.05, 0.1) is 0 Å². The van der Waals surface area contributed by atoms with E-state index in [1.165, 1.54) is 10.6 Å². The van der Waals surface area contributed by atoms with Crippen molar-refractivity contribution < 1.29 is 4.42 Å². The highest BCUT2D eigenvalue weighted by atomic mass is 32.2. The quantitative estimate of drug-likeness (QED) is 0.592. The molecule has 0 saturated carbocycles. The van der Waals surface area contributed by atoms with Crippen molar-refractivity contribution in [2.45, 2.75) is 0 Å². The molecule has 0 N–H and O–H groups in total. The summed E-state index contributed by atoms with van der Waals surface area (Å²) >= 11 is 0. The highest BCUT2D eigenvalue weighted by molar-refractivity contribution is 8.21. The van der Waals surface area contributed by atoms with Crippen molar-refractivity contribution in [2.75, 3.05) is 6.26 Å². The van der Waals surface area contributed by atoms with Crippen molar-refractivity contribution >= 4 is 38.3 Å². The van der Waals surface area contributed by atoms with Crippen LogP contribution in [0.25, 0.3) is 22.5 Å². The van der Waals surface area contributed by atoms with Gasteiger partial charge in [0.25, 0.3) is 0 Å². The second-order valence-electron chi connectivity index (χ2n) is 3.40. The Balaban J connectivity index is 2.57. The maximum atomic E-state index is 5.76. The van der Waals surface area contributed by atoms with Crippen LogP contribution in [0.2, 0.25) is 0 Å². The van der Waals surface area contributed by atoms with Crippen molar-refractivity contribution in [3.63, 3.8) is 0 Å². The van der Waals surface area contributed by atoms with Gasteiger partial charge in [0.1, 0.15) is 11.0 Å². The fourth-order valence-corrected chi connectivity index (χ4v) is 2.67. The first-order valence-corrected chi connectivity index (χ1v) is 6.29. The number of benzene rings is 1. The molecular weight excluding hydrogens is 192 g/mol. The Morgan fingerprint density at radius 2 is 2.07 bits per heavy atom. The maximum Gasteiger partial charge on any atom is 0.141 e. The van der Waals surface area contributed by atoms with Gasteiger partial charge in [0, 0.05) is 16.0 Å². The molecule has 1 aromatic heterocycles. The maximum absolute atomic E-state index is 5.76. The Morgan fingerprint density at radius 1 is 1.21 bits per heavy atom. The third-order valence-corrected chi connectivity index (χ3v) is 3.56. The van der Waals surface area contributed by atoms with Gasteiger partial charge in [-0.2, -0.15) is 10.5 Å². The van der Waals surface area contributed by atoms with Crippen LogP contribution in [-0.4, -0.2) is 11.6 Å². The highest BCUT2D eigenvalue weighted by Crippen LogP contribution is 2.12. The Bertz CT molecular complexity index is 647. The Hall–Kier alpha value is -1.28. The number of rotatable bonds is 0. The lowest BCUT2D eigenvalue weighted by Gasteiger charge is -1.93. The van der Waals surface area contributed by atoms with Crippen molar-refractivity contribution in [3.05, 3.63) is 34.9 Å². The van der Waals surface area contributed by atoms with E-state index < -0.39 is 0 Å². The van der Waals surface area contributed by atoms with E-state index in [4.69, 9.17) is 4.42 Å². The van der Waals surface area contributed by atoms with E-state index in [2.05, 4.69) is 29.2 Å². The van der Waals surface area contributed by atoms with Gasteiger partial charge < -0.3 is 4.42 Å². The summed E-state index contributed by atoms with van der Waals surface area (Å²) in [4.78, 5) is 0. The first kappa shape index (κ1) is 8.06. The molecule has 2 heteroatoms. The third kappa shape index (κ3) is 1.07. The minimum Gasteiger partial charge on any atom is -0.456 e. The monoisotopic (exact) mass is 202 g/mol. The van der Waals surface area contributed by atoms with Gasteiger partial charge in [0.2, 0.25) is 0 Å². The summed E-state index contributed by atoms with van der Waals surface area (Å²) in [5.41, 5.74) is 2.01. The van der Waals surface area contributed by atoms with Crippen molar-refractivity contribution in [1.82, 2.24) is 0 Å². The standard InChI is InChI=1S/C12H10OS/c1-14-7-6-10-9-4-2-3-5-11(9)13-12(10)8-14/h2-8H,1H3. The molecular formula is C12H10OS. The van der Waals surface area contributed by atoms with Gasteiger partial charge in [-0.1, -0.05) is 18.2 Å². The highest BCUT2D eigenvalue weighted by Gasteiger charge is 2.02. The number of furan rings is 1. The topological polar surface area (TPSA) is 13.1 Å². The molecule has 0 amide bonds. The minimum atomic E-state index is 0.222. The van der Waals surface area contributed by atoms with Gasteiger partial charge in [-0.15, -0.1) is 0 Å². The first-order valence-electron chi connectivity index (χ1n) is 4.53. The summed E-state index contributed by atoms with van der Waals surface area (Å²) in [6.45, 7) is 0. The van der Waals surface area contributed by atoms with E-state index in [9.17, 15) is 0 Å². The first-order chi connectivity index (χ1) is 6.84. The normalized spacial score (nSPS) is 19.4. The second-order valence-corrected chi connectivity index (χ2v) is 5.13. The van der Waals surface area contributed by atoms with Crippen LogP contribution in [0.15, 0.2) is 28.7 Å². The van der Waals surface area contributed by atoms with Gasteiger partial charge >= 0.3 is 0 Å². The molecule has 1 aliphatic heterocycles. The molecule has 14 heavy (non-hydrogen) atoms. The molecule has 1 aliphatic rings. The predicted octanol–water partition coefficient (Wildman–Crippen LogP) is 1.67. The average molecular weight is 202 g/mol. The zero-order chi connectivity index (χ0) is 9.54. The van der Waals surface area contributed by atoms with Crippen molar-refractivity contribution in [3.8, 4) is 0 Å². The van der Waals surface area contributed by atoms with Crippen LogP contribution >= 0.6 is 10.5 Å². The molecule has 0 spiro atoms. The lowest BCUT2D eigenvalue weighted by Crippen LogP contribution is -2.21. The summed E-state index contributed by atoms with van der Waals surface area (Å²) < 4.78 is 5.76. The molecule has 1 atom stereocenters. The van der Waals surface area contributed by atoms with E-state index in [1.54, 1.807) is 0 Å². The molecule has 70 valence electrons. The number of fused-ring (bicyclic) bond motifs is 3. The van der Waals surface area contributed by atoms with Crippen LogP contribution in [0.5, 0.6) is 0 Å². The van der Waals surface area contributed by atoms with Crippen LogP contribution in [0.4, 0.5) is 0 Å². The number of hydrogen-bond donors (Lipinski definition) is 0. The molecule has 2 aromatic rings. The van der Waals surface area contributed by atoms with Crippen LogP contribution in [0.3, 0.4) is 0 Å². The average Bonchev–Trinajstić information content (AvgIpc) is 2.54. The molecule has 3 rings (SSSR count). The third-order valence-electron chi connectivity index (χ3n) is 2.40. The van der Waals surface area contributed by atoms with E-state index >= 15 is 0 Å². The largest absolute Gasteiger partial charge is 0.456 e. The molecule has 2 heterocycles. The fraction of sp³-hybridized carbons (Fsp3) is 0.0833. The summed E-state index contributed by atoms with van der Waals surface area (Å²) in [6, 6.07) is 8.18. The molecule has 1 aromatic carbocycles. The minimum absolute atomic E-state index is 0.222. The Morgan fingerprint density at radius 3 is 3.00 bits per heavy atom. The molecule has 1 unspecified atom stereocenters. The number of para-hydroxylation sites is 1. The SMILES string of the molecule is CS1=CC=c2c(oc3ccccc23)=C1.